The lowest BCUT2D eigenvalue weighted by Crippen LogP contribution is -2.46. The molecule has 0 spiro atoms. The van der Waals surface area contributed by atoms with Gasteiger partial charge in [-0.05, 0) is 51.7 Å². The third-order valence-corrected chi connectivity index (χ3v) is 7.44. The van der Waals surface area contributed by atoms with Gasteiger partial charge in [0.15, 0.2) is 5.82 Å². The minimum absolute atomic E-state index is 0.0327. The summed E-state index contributed by atoms with van der Waals surface area (Å²) in [5, 5.41) is 0.896. The molecule has 176 valence electrons. The van der Waals surface area contributed by atoms with Gasteiger partial charge in [0, 0.05) is 49.4 Å². The number of aryl methyl sites for hydroxylation is 1. The van der Waals surface area contributed by atoms with Crippen LogP contribution in [0.25, 0.3) is 0 Å². The molecule has 8 heteroatoms. The second-order valence-electron chi connectivity index (χ2n) is 8.71. The number of benzene rings is 1. The summed E-state index contributed by atoms with van der Waals surface area (Å²) >= 11 is 1.62. The molecule has 0 N–H and O–H groups in total. The molecule has 2 aliphatic heterocycles. The number of piperidine rings is 2. The van der Waals surface area contributed by atoms with E-state index in [-0.39, 0.29) is 23.7 Å². The second-order valence-corrected chi connectivity index (χ2v) is 9.78. The first-order valence-corrected chi connectivity index (χ1v) is 12.6. The quantitative estimate of drug-likeness (QED) is 0.594. The molecule has 4 rings (SSSR count). The van der Waals surface area contributed by atoms with Crippen LogP contribution >= 0.6 is 11.8 Å². The van der Waals surface area contributed by atoms with E-state index in [9.17, 15) is 9.59 Å². The molecular weight excluding hydrogens is 436 g/mol. The maximum atomic E-state index is 13.1. The van der Waals surface area contributed by atoms with Crippen LogP contribution in [0.4, 0.5) is 5.82 Å². The zero-order valence-corrected chi connectivity index (χ0v) is 20.2. The van der Waals surface area contributed by atoms with Crippen molar-refractivity contribution in [3.05, 3.63) is 42.2 Å². The molecule has 2 fully saturated rings. The fourth-order valence-corrected chi connectivity index (χ4v) is 5.40. The Labute approximate surface area is 199 Å². The summed E-state index contributed by atoms with van der Waals surface area (Å²) in [6, 6.07) is 8.42. The highest BCUT2D eigenvalue weighted by atomic mass is 32.2. The molecule has 2 aliphatic rings. The van der Waals surface area contributed by atoms with Gasteiger partial charge in [-0.1, -0.05) is 29.5 Å². The van der Waals surface area contributed by atoms with E-state index < -0.39 is 0 Å². The van der Waals surface area contributed by atoms with Gasteiger partial charge in [0.1, 0.15) is 5.03 Å². The van der Waals surface area contributed by atoms with Gasteiger partial charge in [-0.25, -0.2) is 9.97 Å². The Hall–Kier alpha value is -2.61. The van der Waals surface area contributed by atoms with Crippen LogP contribution in [-0.2, 0) is 14.3 Å². The zero-order valence-electron chi connectivity index (χ0n) is 19.4. The van der Waals surface area contributed by atoms with E-state index in [0.29, 0.717) is 32.5 Å². The molecule has 1 aromatic carbocycles. The molecule has 2 aromatic rings. The third-order valence-electron chi connectivity index (χ3n) is 6.45. The number of amides is 1. The molecule has 7 nitrogen and oxygen atoms in total. The summed E-state index contributed by atoms with van der Waals surface area (Å²) in [5.41, 5.74) is 1.23. The highest BCUT2D eigenvalue weighted by molar-refractivity contribution is 7.99. The van der Waals surface area contributed by atoms with Gasteiger partial charge in [0.05, 0.1) is 12.5 Å². The summed E-state index contributed by atoms with van der Waals surface area (Å²) in [5.74, 6) is 0.956. The largest absolute Gasteiger partial charge is 0.466 e. The van der Waals surface area contributed by atoms with E-state index in [0.717, 1.165) is 41.7 Å². The van der Waals surface area contributed by atoms with Crippen LogP contribution in [0, 0.1) is 18.8 Å². The van der Waals surface area contributed by atoms with Gasteiger partial charge in [-0.15, -0.1) is 0 Å². The lowest BCUT2D eigenvalue weighted by Gasteiger charge is -2.37. The molecule has 0 unspecified atom stereocenters. The average molecular weight is 469 g/mol. The van der Waals surface area contributed by atoms with Crippen molar-refractivity contribution >= 4 is 29.5 Å². The highest BCUT2D eigenvalue weighted by Gasteiger charge is 2.33. The maximum Gasteiger partial charge on any atom is 0.309 e. The topological polar surface area (TPSA) is 75.6 Å². The number of rotatable bonds is 6. The number of hydrogen-bond donors (Lipinski definition) is 0. The minimum atomic E-state index is -0.124. The monoisotopic (exact) mass is 468 g/mol. The van der Waals surface area contributed by atoms with Crippen molar-refractivity contribution in [3.63, 3.8) is 0 Å². The molecule has 0 atom stereocenters. The molecule has 3 heterocycles. The first kappa shape index (κ1) is 23.5. The molecule has 1 amide bonds. The fourth-order valence-electron chi connectivity index (χ4n) is 4.52. The Bertz CT molecular complexity index is 952. The van der Waals surface area contributed by atoms with Crippen molar-refractivity contribution < 1.29 is 14.3 Å². The lowest BCUT2D eigenvalue weighted by molar-refractivity contribution is -0.151. The number of carbonyl (C=O) groups excluding carboxylic acids is 2. The number of ether oxygens (including phenoxy) is 1. The van der Waals surface area contributed by atoms with Crippen LogP contribution in [0.3, 0.4) is 0 Å². The number of likely N-dealkylation sites (tertiary alicyclic amines) is 1. The van der Waals surface area contributed by atoms with Crippen LogP contribution in [0.1, 0.15) is 38.2 Å². The van der Waals surface area contributed by atoms with Crippen molar-refractivity contribution in [2.75, 3.05) is 37.7 Å². The van der Waals surface area contributed by atoms with Gasteiger partial charge in [-0.3, -0.25) is 9.59 Å². The first-order valence-electron chi connectivity index (χ1n) is 11.8. The molecule has 33 heavy (non-hydrogen) atoms. The van der Waals surface area contributed by atoms with Crippen LogP contribution < -0.4 is 4.90 Å². The summed E-state index contributed by atoms with van der Waals surface area (Å²) in [7, 11) is 0. The lowest BCUT2D eigenvalue weighted by atomic mass is 9.92. The van der Waals surface area contributed by atoms with Gasteiger partial charge in [0.2, 0.25) is 5.91 Å². The molecule has 2 saturated heterocycles. The smallest absolute Gasteiger partial charge is 0.309 e. The first-order chi connectivity index (χ1) is 16.0. The Morgan fingerprint density at radius 3 is 2.27 bits per heavy atom. The number of carbonyl (C=O) groups is 2. The third kappa shape index (κ3) is 5.85. The van der Waals surface area contributed by atoms with E-state index in [4.69, 9.17) is 4.74 Å². The zero-order chi connectivity index (χ0) is 23.2. The van der Waals surface area contributed by atoms with Crippen molar-refractivity contribution in [3.8, 4) is 0 Å². The molecule has 0 radical (unpaired) electrons. The van der Waals surface area contributed by atoms with Crippen molar-refractivity contribution in [1.82, 2.24) is 14.9 Å². The number of hydrogen-bond acceptors (Lipinski definition) is 7. The average Bonchev–Trinajstić information content (AvgIpc) is 2.86. The molecular formula is C25H32N4O3S. The summed E-state index contributed by atoms with van der Waals surface area (Å²) in [6.45, 7) is 7.18. The Morgan fingerprint density at radius 1 is 0.970 bits per heavy atom. The fraction of sp³-hybridized carbons (Fsp3) is 0.520. The standard InChI is InChI=1S/C25H32N4O3S/c1-3-32-25(31)20-10-16-29(17-11-20)24(30)19-8-14-28(15-9-19)22-23(27-13-12-26-22)33-21-6-4-18(2)5-7-21/h4-7,12-13,19-20H,3,8-11,14-17H2,1-2H3. The number of anilines is 1. The molecule has 0 bridgehead atoms. The molecule has 0 saturated carbocycles. The normalized spacial score (nSPS) is 17.8. The maximum absolute atomic E-state index is 13.1. The van der Waals surface area contributed by atoms with Gasteiger partial charge < -0.3 is 14.5 Å². The summed E-state index contributed by atoms with van der Waals surface area (Å²) in [4.78, 5) is 39.6. The van der Waals surface area contributed by atoms with E-state index in [1.165, 1.54) is 5.56 Å². The van der Waals surface area contributed by atoms with Crippen molar-refractivity contribution in [2.24, 2.45) is 11.8 Å². The van der Waals surface area contributed by atoms with E-state index in [1.807, 2.05) is 11.8 Å². The SMILES string of the molecule is CCOC(=O)C1CCN(C(=O)C2CCN(c3nccnc3Sc3ccc(C)cc3)CC2)CC1. The minimum Gasteiger partial charge on any atom is -0.466 e. The van der Waals surface area contributed by atoms with Crippen molar-refractivity contribution in [2.45, 2.75) is 49.5 Å². The van der Waals surface area contributed by atoms with Crippen LogP contribution in [0.15, 0.2) is 46.6 Å². The molecule has 1 aromatic heterocycles. The number of aromatic nitrogens is 2. The Kier molecular flexibility index (Phi) is 7.85. The Balaban J connectivity index is 1.32. The Morgan fingerprint density at radius 2 is 1.61 bits per heavy atom. The van der Waals surface area contributed by atoms with E-state index in [2.05, 4.69) is 46.1 Å². The van der Waals surface area contributed by atoms with Crippen LogP contribution in [0.5, 0.6) is 0 Å². The van der Waals surface area contributed by atoms with Crippen LogP contribution in [-0.4, -0.2) is 59.5 Å². The van der Waals surface area contributed by atoms with Gasteiger partial charge in [0.25, 0.3) is 0 Å². The number of nitrogens with zero attached hydrogens (tertiary/aromatic N) is 4. The van der Waals surface area contributed by atoms with Crippen molar-refractivity contribution in [1.29, 1.82) is 0 Å². The number of esters is 1. The van der Waals surface area contributed by atoms with E-state index in [1.54, 1.807) is 24.2 Å². The second kappa shape index (κ2) is 11.0. The van der Waals surface area contributed by atoms with E-state index >= 15 is 0 Å². The highest BCUT2D eigenvalue weighted by Crippen LogP contribution is 2.34. The molecule has 0 aliphatic carbocycles. The predicted octanol–water partition coefficient (Wildman–Crippen LogP) is 3.95. The summed E-state index contributed by atoms with van der Waals surface area (Å²) in [6.07, 6.45) is 6.48. The summed E-state index contributed by atoms with van der Waals surface area (Å²) < 4.78 is 5.14. The van der Waals surface area contributed by atoms with Gasteiger partial charge >= 0.3 is 5.97 Å². The van der Waals surface area contributed by atoms with Gasteiger partial charge in [-0.2, -0.15) is 0 Å². The van der Waals surface area contributed by atoms with Crippen LogP contribution in [0.2, 0.25) is 0 Å². The predicted molar refractivity (Wildman–Crippen MR) is 128 cm³/mol.